The second kappa shape index (κ2) is 3.01. The highest BCUT2D eigenvalue weighted by Crippen LogP contribution is 2.36. The fourth-order valence-corrected chi connectivity index (χ4v) is 1.89. The minimum absolute atomic E-state index is 0.135. The summed E-state index contributed by atoms with van der Waals surface area (Å²) in [7, 11) is 1.77. The van der Waals surface area contributed by atoms with Crippen molar-refractivity contribution in [1.82, 2.24) is 0 Å². The molecule has 2 rings (SSSR count). The SMILES string of the molecule is C[C@H]1CC(=O)N(C)c2ccc(O)cc21. The number of carbonyl (C=O) groups excluding carboxylic acids is 1. The smallest absolute Gasteiger partial charge is 0.227 e. The molecule has 0 bridgehead atoms. The predicted molar refractivity (Wildman–Crippen MR) is 54.5 cm³/mol. The Morgan fingerprint density at radius 1 is 1.50 bits per heavy atom. The number of nitrogens with zero attached hydrogens (tertiary/aromatic N) is 1. The first-order chi connectivity index (χ1) is 6.59. The van der Waals surface area contributed by atoms with Gasteiger partial charge in [-0.25, -0.2) is 0 Å². The predicted octanol–water partition coefficient (Wildman–Crippen LogP) is 1.86. The number of fused-ring (bicyclic) bond motifs is 1. The van der Waals surface area contributed by atoms with E-state index in [2.05, 4.69) is 0 Å². The van der Waals surface area contributed by atoms with E-state index in [4.69, 9.17) is 0 Å². The van der Waals surface area contributed by atoms with Gasteiger partial charge in [0.2, 0.25) is 5.91 Å². The van der Waals surface area contributed by atoms with Crippen LogP contribution < -0.4 is 4.90 Å². The van der Waals surface area contributed by atoms with Crippen molar-refractivity contribution >= 4 is 11.6 Å². The van der Waals surface area contributed by atoms with E-state index in [0.29, 0.717) is 6.42 Å². The van der Waals surface area contributed by atoms with E-state index < -0.39 is 0 Å². The van der Waals surface area contributed by atoms with Gasteiger partial charge in [-0.05, 0) is 29.7 Å². The van der Waals surface area contributed by atoms with Crippen LogP contribution in [0.4, 0.5) is 5.69 Å². The average molecular weight is 191 g/mol. The van der Waals surface area contributed by atoms with Crippen LogP contribution in [0.25, 0.3) is 0 Å². The molecule has 74 valence electrons. The molecule has 1 aromatic carbocycles. The summed E-state index contributed by atoms with van der Waals surface area (Å²) in [5.41, 5.74) is 1.96. The van der Waals surface area contributed by atoms with E-state index in [1.807, 2.05) is 6.92 Å². The molecule has 3 nitrogen and oxygen atoms in total. The molecule has 1 aliphatic heterocycles. The van der Waals surface area contributed by atoms with Gasteiger partial charge in [-0.3, -0.25) is 4.79 Å². The van der Waals surface area contributed by atoms with Crippen LogP contribution in [-0.2, 0) is 4.79 Å². The molecule has 0 aromatic heterocycles. The van der Waals surface area contributed by atoms with Crippen LogP contribution in [0, 0.1) is 0 Å². The van der Waals surface area contributed by atoms with Gasteiger partial charge in [0.15, 0.2) is 0 Å². The summed E-state index contributed by atoms with van der Waals surface area (Å²) in [4.78, 5) is 13.2. The second-order valence-corrected chi connectivity index (χ2v) is 3.80. The van der Waals surface area contributed by atoms with Crippen molar-refractivity contribution in [3.63, 3.8) is 0 Å². The van der Waals surface area contributed by atoms with Crippen molar-refractivity contribution in [2.24, 2.45) is 0 Å². The Morgan fingerprint density at radius 2 is 2.21 bits per heavy atom. The lowest BCUT2D eigenvalue weighted by molar-refractivity contribution is -0.119. The number of phenols is 1. The summed E-state index contributed by atoms with van der Waals surface area (Å²) in [6.45, 7) is 2.00. The fourth-order valence-electron chi connectivity index (χ4n) is 1.89. The molecule has 3 heteroatoms. The van der Waals surface area contributed by atoms with E-state index in [0.717, 1.165) is 11.3 Å². The zero-order chi connectivity index (χ0) is 10.3. The Bertz CT molecular complexity index is 387. The first kappa shape index (κ1) is 9.06. The van der Waals surface area contributed by atoms with Crippen molar-refractivity contribution in [1.29, 1.82) is 0 Å². The number of hydrogen-bond acceptors (Lipinski definition) is 2. The van der Waals surface area contributed by atoms with E-state index in [9.17, 15) is 9.90 Å². The average Bonchev–Trinajstić information content (AvgIpc) is 2.14. The van der Waals surface area contributed by atoms with Gasteiger partial charge < -0.3 is 10.0 Å². The molecule has 0 fully saturated rings. The van der Waals surface area contributed by atoms with Crippen molar-refractivity contribution in [3.05, 3.63) is 23.8 Å². The number of carbonyl (C=O) groups is 1. The molecule has 1 amide bonds. The highest BCUT2D eigenvalue weighted by Gasteiger charge is 2.26. The molecule has 14 heavy (non-hydrogen) atoms. The van der Waals surface area contributed by atoms with Gasteiger partial charge in [0.05, 0.1) is 0 Å². The number of anilines is 1. The standard InChI is InChI=1S/C11H13NO2/c1-7-5-11(14)12(2)10-4-3-8(13)6-9(7)10/h3-4,6-7,13H,5H2,1-2H3/t7-/m0/s1. The second-order valence-electron chi connectivity index (χ2n) is 3.80. The number of hydrogen-bond donors (Lipinski definition) is 1. The molecule has 1 heterocycles. The van der Waals surface area contributed by atoms with Gasteiger partial charge in [0.1, 0.15) is 5.75 Å². The minimum atomic E-state index is 0.135. The van der Waals surface area contributed by atoms with Crippen LogP contribution in [0.3, 0.4) is 0 Å². The van der Waals surface area contributed by atoms with E-state index in [1.54, 1.807) is 30.1 Å². The Balaban J connectivity index is 2.55. The summed E-state index contributed by atoms with van der Waals surface area (Å²) in [6, 6.07) is 5.14. The number of rotatable bonds is 0. The summed E-state index contributed by atoms with van der Waals surface area (Å²) >= 11 is 0. The van der Waals surface area contributed by atoms with Crippen molar-refractivity contribution < 1.29 is 9.90 Å². The number of benzene rings is 1. The van der Waals surface area contributed by atoms with E-state index >= 15 is 0 Å². The third kappa shape index (κ3) is 1.25. The monoisotopic (exact) mass is 191 g/mol. The van der Waals surface area contributed by atoms with Crippen molar-refractivity contribution in [2.75, 3.05) is 11.9 Å². The van der Waals surface area contributed by atoms with Crippen LogP contribution in [0.15, 0.2) is 18.2 Å². The number of amides is 1. The molecule has 0 aliphatic carbocycles. The first-order valence-electron chi connectivity index (χ1n) is 4.69. The highest BCUT2D eigenvalue weighted by molar-refractivity contribution is 5.96. The Kier molecular flexibility index (Phi) is 1.95. The van der Waals surface area contributed by atoms with Crippen LogP contribution in [0.1, 0.15) is 24.8 Å². The van der Waals surface area contributed by atoms with E-state index in [-0.39, 0.29) is 17.6 Å². The summed E-state index contributed by atoms with van der Waals surface area (Å²) in [5, 5.41) is 9.35. The topological polar surface area (TPSA) is 40.5 Å². The van der Waals surface area contributed by atoms with Gasteiger partial charge in [-0.15, -0.1) is 0 Å². The quantitative estimate of drug-likeness (QED) is 0.680. The first-order valence-corrected chi connectivity index (χ1v) is 4.69. The minimum Gasteiger partial charge on any atom is -0.508 e. The zero-order valence-corrected chi connectivity index (χ0v) is 8.32. The lowest BCUT2D eigenvalue weighted by atomic mass is 9.91. The number of aromatic hydroxyl groups is 1. The lowest BCUT2D eigenvalue weighted by Crippen LogP contribution is -2.32. The Morgan fingerprint density at radius 3 is 2.93 bits per heavy atom. The molecular weight excluding hydrogens is 178 g/mol. The summed E-state index contributed by atoms with van der Waals surface area (Å²) < 4.78 is 0. The molecule has 0 unspecified atom stereocenters. The maximum Gasteiger partial charge on any atom is 0.227 e. The third-order valence-corrected chi connectivity index (χ3v) is 2.76. The van der Waals surface area contributed by atoms with Gasteiger partial charge in [0.25, 0.3) is 0 Å². The Hall–Kier alpha value is -1.51. The fraction of sp³-hybridized carbons (Fsp3) is 0.364. The van der Waals surface area contributed by atoms with Gasteiger partial charge in [-0.1, -0.05) is 6.92 Å². The molecule has 0 radical (unpaired) electrons. The molecule has 1 aliphatic rings. The maximum absolute atomic E-state index is 11.5. The molecule has 1 aromatic rings. The number of phenolic OH excluding ortho intramolecular Hbond substituents is 1. The lowest BCUT2D eigenvalue weighted by Gasteiger charge is -2.29. The molecule has 1 N–H and O–H groups in total. The largest absolute Gasteiger partial charge is 0.508 e. The molecule has 0 saturated heterocycles. The van der Waals surface area contributed by atoms with Crippen LogP contribution >= 0.6 is 0 Å². The third-order valence-electron chi connectivity index (χ3n) is 2.76. The Labute approximate surface area is 83.0 Å². The molecule has 0 saturated carbocycles. The van der Waals surface area contributed by atoms with Gasteiger partial charge >= 0.3 is 0 Å². The van der Waals surface area contributed by atoms with Crippen molar-refractivity contribution in [2.45, 2.75) is 19.3 Å². The van der Waals surface area contributed by atoms with Crippen molar-refractivity contribution in [3.8, 4) is 5.75 Å². The highest BCUT2D eigenvalue weighted by atomic mass is 16.3. The van der Waals surface area contributed by atoms with Gasteiger partial charge in [0, 0.05) is 19.2 Å². The molecule has 0 spiro atoms. The molecular formula is C11H13NO2. The van der Waals surface area contributed by atoms with Crippen LogP contribution in [0.5, 0.6) is 5.75 Å². The van der Waals surface area contributed by atoms with Gasteiger partial charge in [-0.2, -0.15) is 0 Å². The van der Waals surface area contributed by atoms with Crippen LogP contribution in [-0.4, -0.2) is 18.1 Å². The van der Waals surface area contributed by atoms with Crippen LogP contribution in [0.2, 0.25) is 0 Å². The summed E-state index contributed by atoms with van der Waals surface area (Å²) in [5.74, 6) is 0.592. The maximum atomic E-state index is 11.5. The normalized spacial score (nSPS) is 20.9. The zero-order valence-electron chi connectivity index (χ0n) is 8.32. The molecule has 1 atom stereocenters. The summed E-state index contributed by atoms with van der Waals surface area (Å²) in [6.07, 6.45) is 0.521. The van der Waals surface area contributed by atoms with E-state index in [1.165, 1.54) is 0 Å².